The molecule has 6 heteroatoms. The summed E-state index contributed by atoms with van der Waals surface area (Å²) < 4.78 is 12.4. The molecular weight excluding hydrogens is 288 g/mol. The Morgan fingerprint density at radius 1 is 0.818 bits per heavy atom. The molecule has 0 aromatic carbocycles. The lowest BCUT2D eigenvalue weighted by Crippen LogP contribution is -2.62. The third-order valence-corrected chi connectivity index (χ3v) is 7.49. The maximum Gasteiger partial charge on any atom is 0.175 e. The van der Waals surface area contributed by atoms with E-state index in [0.717, 1.165) is 19.3 Å². The number of rotatable bonds is 0. The minimum Gasteiger partial charge on any atom is -0.387 e. The molecule has 9 atom stereocenters. The van der Waals surface area contributed by atoms with E-state index in [-0.39, 0.29) is 10.8 Å². The number of ether oxygens (including phenoxy) is 2. The Balaban J connectivity index is 1.71. The van der Waals surface area contributed by atoms with Crippen molar-refractivity contribution in [1.29, 1.82) is 0 Å². The first-order valence-electron chi connectivity index (χ1n) is 8.22. The summed E-state index contributed by atoms with van der Waals surface area (Å²) in [6.45, 7) is 6.61. The number of hydrogen-bond donors (Lipinski definition) is 4. The van der Waals surface area contributed by atoms with E-state index in [0.29, 0.717) is 5.92 Å². The largest absolute Gasteiger partial charge is 0.387 e. The van der Waals surface area contributed by atoms with Crippen LogP contribution in [0.1, 0.15) is 40.0 Å². The molecule has 1 aliphatic heterocycles. The quantitative estimate of drug-likeness (QED) is 0.493. The van der Waals surface area contributed by atoms with E-state index in [1.807, 2.05) is 0 Å². The van der Waals surface area contributed by atoms with Gasteiger partial charge < -0.3 is 29.9 Å². The van der Waals surface area contributed by atoms with Crippen molar-refractivity contribution in [1.82, 2.24) is 0 Å². The molecule has 1 spiro atoms. The van der Waals surface area contributed by atoms with Gasteiger partial charge in [0.15, 0.2) is 5.79 Å². The standard InChI is InChI=1S/C16H26O6/c1-14(2)7-4-5-15(14,3)16(6-7)21-12-10(19)8(17)9(18)11(20)13(12)22-16/h7-13,17-20H,4-6H2,1-3H3/t7?,8-,9-,10+,11+,12-,13+,15-,16?/m1/s1. The van der Waals surface area contributed by atoms with Crippen LogP contribution in [0.5, 0.6) is 0 Å². The van der Waals surface area contributed by atoms with Crippen molar-refractivity contribution in [2.24, 2.45) is 16.7 Å². The van der Waals surface area contributed by atoms with Gasteiger partial charge in [0.25, 0.3) is 0 Å². The number of fused-ring (bicyclic) bond motifs is 4. The molecule has 0 aromatic heterocycles. The average Bonchev–Trinajstić information content (AvgIpc) is 3.01. The second kappa shape index (κ2) is 4.23. The Morgan fingerprint density at radius 3 is 1.68 bits per heavy atom. The van der Waals surface area contributed by atoms with Crippen molar-refractivity contribution in [3.05, 3.63) is 0 Å². The van der Waals surface area contributed by atoms with Crippen molar-refractivity contribution >= 4 is 0 Å². The summed E-state index contributed by atoms with van der Waals surface area (Å²) in [6.07, 6.45) is -4.13. The SMILES string of the molecule is CC1(C)C2CC[C@@]1(C)C1(C2)O[C@@H]2[C@@H](O)[C@H](O)[C@@H](O)[C@H](O)[C@@H]2O1. The molecule has 6 nitrogen and oxygen atoms in total. The summed E-state index contributed by atoms with van der Waals surface area (Å²) in [7, 11) is 0. The van der Waals surface area contributed by atoms with Gasteiger partial charge in [0.1, 0.15) is 36.6 Å². The fourth-order valence-corrected chi connectivity index (χ4v) is 5.46. The van der Waals surface area contributed by atoms with Gasteiger partial charge in [-0.2, -0.15) is 0 Å². The lowest BCUT2D eigenvalue weighted by atomic mass is 9.68. The van der Waals surface area contributed by atoms with Crippen molar-refractivity contribution < 1.29 is 29.9 Å². The molecule has 4 aliphatic rings. The van der Waals surface area contributed by atoms with Crippen LogP contribution in [0.15, 0.2) is 0 Å². The van der Waals surface area contributed by atoms with E-state index >= 15 is 0 Å². The van der Waals surface area contributed by atoms with Crippen molar-refractivity contribution in [3.8, 4) is 0 Å². The van der Waals surface area contributed by atoms with Gasteiger partial charge in [-0.05, 0) is 24.2 Å². The van der Waals surface area contributed by atoms with Crippen LogP contribution in [-0.4, -0.2) is 62.8 Å². The predicted octanol–water partition coefficient (Wildman–Crippen LogP) is -0.230. The van der Waals surface area contributed by atoms with E-state index in [2.05, 4.69) is 20.8 Å². The van der Waals surface area contributed by atoms with Gasteiger partial charge >= 0.3 is 0 Å². The first-order valence-corrected chi connectivity index (χ1v) is 8.22. The highest BCUT2D eigenvalue weighted by Crippen LogP contribution is 2.72. The number of aliphatic hydroxyl groups excluding tert-OH is 4. The van der Waals surface area contributed by atoms with Crippen LogP contribution in [0.25, 0.3) is 0 Å². The lowest BCUT2D eigenvalue weighted by Gasteiger charge is -2.45. The number of hydrogen-bond acceptors (Lipinski definition) is 6. The van der Waals surface area contributed by atoms with E-state index in [4.69, 9.17) is 9.47 Å². The maximum atomic E-state index is 10.2. The van der Waals surface area contributed by atoms with Gasteiger partial charge in [-0.1, -0.05) is 20.8 Å². The molecule has 0 amide bonds. The molecule has 4 rings (SSSR count). The van der Waals surface area contributed by atoms with Gasteiger partial charge in [-0.15, -0.1) is 0 Å². The van der Waals surface area contributed by atoms with Gasteiger partial charge in [0, 0.05) is 11.8 Å². The van der Waals surface area contributed by atoms with Gasteiger partial charge in [0.2, 0.25) is 0 Å². The third kappa shape index (κ3) is 1.47. The molecule has 22 heavy (non-hydrogen) atoms. The Hall–Kier alpha value is -0.240. The molecule has 2 bridgehead atoms. The van der Waals surface area contributed by atoms with E-state index in [1.54, 1.807) is 0 Å². The Kier molecular flexibility index (Phi) is 2.94. The summed E-state index contributed by atoms with van der Waals surface area (Å²) in [5, 5.41) is 40.3. The van der Waals surface area contributed by atoms with Crippen LogP contribution in [-0.2, 0) is 9.47 Å². The minimum absolute atomic E-state index is 0.0492. The van der Waals surface area contributed by atoms with Crippen LogP contribution in [0.2, 0.25) is 0 Å². The smallest absolute Gasteiger partial charge is 0.175 e. The zero-order valence-corrected chi connectivity index (χ0v) is 13.3. The maximum absolute atomic E-state index is 10.2. The molecule has 1 saturated heterocycles. The number of aliphatic hydroxyl groups is 4. The molecule has 1 heterocycles. The second-order valence-electron chi connectivity index (χ2n) is 8.37. The first kappa shape index (κ1) is 15.3. The van der Waals surface area contributed by atoms with Crippen LogP contribution < -0.4 is 0 Å². The highest BCUT2D eigenvalue weighted by Gasteiger charge is 2.75. The van der Waals surface area contributed by atoms with E-state index in [1.165, 1.54) is 0 Å². The molecule has 0 radical (unpaired) electrons. The van der Waals surface area contributed by atoms with E-state index in [9.17, 15) is 20.4 Å². The van der Waals surface area contributed by atoms with Crippen molar-refractivity contribution in [2.75, 3.05) is 0 Å². The summed E-state index contributed by atoms with van der Waals surface area (Å²) in [4.78, 5) is 0. The zero-order chi connectivity index (χ0) is 16.1. The van der Waals surface area contributed by atoms with E-state index < -0.39 is 42.4 Å². The molecule has 4 fully saturated rings. The second-order valence-corrected chi connectivity index (χ2v) is 8.37. The monoisotopic (exact) mass is 314 g/mol. The fourth-order valence-electron chi connectivity index (χ4n) is 5.46. The van der Waals surface area contributed by atoms with Gasteiger partial charge in [-0.25, -0.2) is 0 Å². The molecular formula is C16H26O6. The van der Waals surface area contributed by atoms with Crippen LogP contribution >= 0.6 is 0 Å². The van der Waals surface area contributed by atoms with Crippen LogP contribution in [0, 0.1) is 16.7 Å². The Morgan fingerprint density at radius 2 is 1.32 bits per heavy atom. The summed E-state index contributed by atoms with van der Waals surface area (Å²) in [5.41, 5.74) is -0.162. The van der Waals surface area contributed by atoms with Crippen molar-refractivity contribution in [3.63, 3.8) is 0 Å². The third-order valence-electron chi connectivity index (χ3n) is 7.49. The molecule has 126 valence electrons. The fraction of sp³-hybridized carbons (Fsp3) is 1.00. The highest BCUT2D eigenvalue weighted by molar-refractivity contribution is 5.19. The summed E-state index contributed by atoms with van der Waals surface area (Å²) >= 11 is 0. The molecule has 4 N–H and O–H groups in total. The highest BCUT2D eigenvalue weighted by atomic mass is 16.8. The lowest BCUT2D eigenvalue weighted by molar-refractivity contribution is -0.256. The molecule has 3 aliphatic carbocycles. The van der Waals surface area contributed by atoms with Gasteiger partial charge in [0.05, 0.1) is 0 Å². The Labute approximate surface area is 130 Å². The Bertz CT molecular complexity index is 471. The normalized spacial score (nSPS) is 62.6. The molecule has 0 aromatic rings. The molecule has 3 saturated carbocycles. The predicted molar refractivity (Wildman–Crippen MR) is 75.7 cm³/mol. The zero-order valence-electron chi connectivity index (χ0n) is 13.3. The van der Waals surface area contributed by atoms with Gasteiger partial charge in [-0.3, -0.25) is 0 Å². The minimum atomic E-state index is -1.42. The topological polar surface area (TPSA) is 99.4 Å². The van der Waals surface area contributed by atoms with Crippen molar-refractivity contribution in [2.45, 2.75) is 82.4 Å². The first-order chi connectivity index (χ1) is 10.1. The molecule has 2 unspecified atom stereocenters. The van der Waals surface area contributed by atoms with Crippen LogP contribution in [0.3, 0.4) is 0 Å². The summed E-state index contributed by atoms with van der Waals surface area (Å²) in [5.74, 6) is -0.373. The average molecular weight is 314 g/mol. The summed E-state index contributed by atoms with van der Waals surface area (Å²) in [6, 6.07) is 0. The van der Waals surface area contributed by atoms with Crippen LogP contribution in [0.4, 0.5) is 0 Å².